The highest BCUT2D eigenvalue weighted by atomic mass is 32.2. The van der Waals surface area contributed by atoms with Crippen LogP contribution in [0, 0.1) is 0 Å². The van der Waals surface area contributed by atoms with E-state index in [1.807, 2.05) is 6.07 Å². The predicted octanol–water partition coefficient (Wildman–Crippen LogP) is -0.248. The highest BCUT2D eigenvalue weighted by Gasteiger charge is 2.45. The van der Waals surface area contributed by atoms with E-state index in [2.05, 4.69) is 5.32 Å². The number of nitrogens with one attached hydrogen (secondary N) is 1. The van der Waals surface area contributed by atoms with Crippen molar-refractivity contribution in [3.63, 3.8) is 0 Å². The van der Waals surface area contributed by atoms with Gasteiger partial charge in [0.2, 0.25) is 15.9 Å². The van der Waals surface area contributed by atoms with Crippen molar-refractivity contribution in [2.75, 3.05) is 19.6 Å². The quantitative estimate of drug-likeness (QED) is 0.777. The van der Waals surface area contributed by atoms with Crippen molar-refractivity contribution in [2.24, 2.45) is 0 Å². The van der Waals surface area contributed by atoms with Gasteiger partial charge in [-0.25, -0.2) is 13.2 Å². The first-order valence-electron chi connectivity index (χ1n) is 6.59. The molecule has 0 aromatic heterocycles. The molecule has 1 aromatic carbocycles. The van der Waals surface area contributed by atoms with Crippen LogP contribution in [0.4, 0.5) is 4.79 Å². The number of hydrogen-bond donors (Lipinski definition) is 1. The van der Waals surface area contributed by atoms with Crippen molar-refractivity contribution in [1.82, 2.24) is 14.5 Å². The lowest BCUT2D eigenvalue weighted by atomic mass is 10.1. The van der Waals surface area contributed by atoms with E-state index in [-0.39, 0.29) is 37.3 Å². The van der Waals surface area contributed by atoms with Crippen LogP contribution in [-0.4, -0.2) is 55.2 Å². The second kappa shape index (κ2) is 5.12. The van der Waals surface area contributed by atoms with E-state index in [0.717, 1.165) is 10.5 Å². The molecule has 21 heavy (non-hydrogen) atoms. The van der Waals surface area contributed by atoms with Gasteiger partial charge in [-0.1, -0.05) is 30.3 Å². The molecule has 2 fully saturated rings. The molecule has 2 aliphatic rings. The number of nitrogens with zero attached hydrogens (tertiary/aromatic N) is 2. The van der Waals surface area contributed by atoms with Crippen LogP contribution in [-0.2, 0) is 20.6 Å². The molecule has 0 unspecified atom stereocenters. The molecule has 0 spiro atoms. The number of hydrogen-bond acceptors (Lipinski definition) is 4. The molecule has 3 rings (SSSR count). The summed E-state index contributed by atoms with van der Waals surface area (Å²) >= 11 is 0. The van der Waals surface area contributed by atoms with Crippen LogP contribution >= 0.6 is 0 Å². The Balaban J connectivity index is 1.63. The third-order valence-corrected chi connectivity index (χ3v) is 5.44. The smallest absolute Gasteiger partial charge is 0.324 e. The first-order valence-corrected chi connectivity index (χ1v) is 8.20. The Hall–Kier alpha value is -1.93. The Bertz CT molecular complexity index is 652. The normalized spacial score (nSPS) is 20.5. The van der Waals surface area contributed by atoms with Crippen LogP contribution in [0.2, 0.25) is 0 Å². The van der Waals surface area contributed by atoms with Crippen LogP contribution in [0.25, 0.3) is 0 Å². The second-order valence-electron chi connectivity index (χ2n) is 5.14. The van der Waals surface area contributed by atoms with Crippen molar-refractivity contribution in [3.05, 3.63) is 35.9 Å². The second-order valence-corrected chi connectivity index (χ2v) is 7.10. The van der Waals surface area contributed by atoms with Gasteiger partial charge in [0.1, 0.15) is 0 Å². The lowest BCUT2D eigenvalue weighted by molar-refractivity contribution is -0.128. The number of carbonyl (C=O) groups excluding carboxylic acids is 2. The number of benzene rings is 1. The lowest BCUT2D eigenvalue weighted by Crippen LogP contribution is -2.62. The van der Waals surface area contributed by atoms with Gasteiger partial charge < -0.3 is 5.32 Å². The average molecular weight is 309 g/mol. The fourth-order valence-corrected chi connectivity index (χ4v) is 4.08. The summed E-state index contributed by atoms with van der Waals surface area (Å²) in [6.45, 7) is 0.342. The highest BCUT2D eigenvalue weighted by Crippen LogP contribution is 2.23. The van der Waals surface area contributed by atoms with Crippen molar-refractivity contribution >= 4 is 22.0 Å². The Kier molecular flexibility index (Phi) is 3.42. The van der Waals surface area contributed by atoms with Gasteiger partial charge >= 0.3 is 6.03 Å². The fraction of sp³-hybridized carbons (Fsp3) is 0.385. The molecule has 0 radical (unpaired) electrons. The summed E-state index contributed by atoms with van der Waals surface area (Å²) in [5.41, 5.74) is 0.718. The average Bonchev–Trinajstić information content (AvgIpc) is 2.69. The van der Waals surface area contributed by atoms with E-state index in [1.54, 1.807) is 24.3 Å². The minimum atomic E-state index is -3.41. The zero-order valence-electron chi connectivity index (χ0n) is 11.2. The maximum Gasteiger partial charge on any atom is 0.324 e. The molecule has 8 heteroatoms. The Morgan fingerprint density at radius 1 is 1.14 bits per heavy atom. The number of sulfonamides is 1. The third-order valence-electron chi connectivity index (χ3n) is 3.66. The van der Waals surface area contributed by atoms with Gasteiger partial charge in [0, 0.05) is 13.1 Å². The summed E-state index contributed by atoms with van der Waals surface area (Å²) in [5.74, 6) is -0.370. The van der Waals surface area contributed by atoms with Gasteiger partial charge in [-0.15, -0.1) is 0 Å². The van der Waals surface area contributed by atoms with E-state index in [0.29, 0.717) is 0 Å². The maximum absolute atomic E-state index is 12.2. The van der Waals surface area contributed by atoms with Crippen molar-refractivity contribution < 1.29 is 18.0 Å². The molecule has 2 heterocycles. The molecule has 2 saturated heterocycles. The van der Waals surface area contributed by atoms with Gasteiger partial charge in [0.15, 0.2) is 0 Å². The van der Waals surface area contributed by atoms with Gasteiger partial charge in [-0.2, -0.15) is 4.31 Å². The van der Waals surface area contributed by atoms with Gasteiger partial charge in [0.25, 0.3) is 0 Å². The number of rotatable bonds is 4. The molecule has 3 amide bonds. The molecule has 7 nitrogen and oxygen atoms in total. The number of imide groups is 1. The first-order chi connectivity index (χ1) is 9.97. The molecule has 0 bridgehead atoms. The topological polar surface area (TPSA) is 86.8 Å². The number of carbonyl (C=O) groups is 2. The molecule has 0 aliphatic carbocycles. The maximum atomic E-state index is 12.2. The summed E-state index contributed by atoms with van der Waals surface area (Å²) in [4.78, 5) is 24.2. The van der Waals surface area contributed by atoms with Crippen LogP contribution in [0.3, 0.4) is 0 Å². The van der Waals surface area contributed by atoms with Crippen molar-refractivity contribution in [2.45, 2.75) is 11.8 Å². The van der Waals surface area contributed by atoms with E-state index < -0.39 is 16.1 Å². The lowest BCUT2D eigenvalue weighted by Gasteiger charge is -2.41. The number of amides is 3. The van der Waals surface area contributed by atoms with Gasteiger partial charge in [-0.05, 0) is 5.56 Å². The van der Waals surface area contributed by atoms with Crippen LogP contribution < -0.4 is 5.32 Å². The largest absolute Gasteiger partial charge is 0.329 e. The van der Waals surface area contributed by atoms with Gasteiger partial charge in [0.05, 0.1) is 18.3 Å². The van der Waals surface area contributed by atoms with E-state index >= 15 is 0 Å². The molecule has 2 aliphatic heterocycles. The van der Waals surface area contributed by atoms with E-state index in [1.165, 1.54) is 4.31 Å². The SMILES string of the molecule is O=C1CNC(=O)N1C1CN(S(=O)(=O)Cc2ccccc2)C1. The van der Waals surface area contributed by atoms with E-state index in [4.69, 9.17) is 0 Å². The minimum Gasteiger partial charge on any atom is -0.329 e. The molecular formula is C13H15N3O4S. The number of urea groups is 1. The third kappa shape index (κ3) is 2.64. The molecular weight excluding hydrogens is 294 g/mol. The van der Waals surface area contributed by atoms with Crippen LogP contribution in [0.15, 0.2) is 30.3 Å². The Labute approximate surface area is 122 Å². The zero-order valence-corrected chi connectivity index (χ0v) is 12.0. The predicted molar refractivity (Wildman–Crippen MR) is 74.7 cm³/mol. The summed E-state index contributed by atoms with van der Waals surface area (Å²) in [6, 6.07) is 8.12. The standard InChI is InChI=1S/C13H15N3O4S/c17-12-6-14-13(18)16(12)11-7-15(8-11)21(19,20)9-10-4-2-1-3-5-10/h1-5,11H,6-9H2,(H,14,18). The minimum absolute atomic E-state index is 0.00784. The van der Waals surface area contributed by atoms with Crippen LogP contribution in [0.5, 0.6) is 0 Å². The molecule has 0 saturated carbocycles. The molecule has 0 atom stereocenters. The summed E-state index contributed by atoms with van der Waals surface area (Å²) in [7, 11) is -3.41. The zero-order chi connectivity index (χ0) is 15.0. The molecule has 1 N–H and O–H groups in total. The van der Waals surface area contributed by atoms with Crippen LogP contribution in [0.1, 0.15) is 5.56 Å². The Morgan fingerprint density at radius 3 is 2.38 bits per heavy atom. The first kappa shape index (κ1) is 14.0. The molecule has 1 aromatic rings. The summed E-state index contributed by atoms with van der Waals surface area (Å²) < 4.78 is 25.8. The Morgan fingerprint density at radius 2 is 1.81 bits per heavy atom. The van der Waals surface area contributed by atoms with Crippen molar-refractivity contribution in [1.29, 1.82) is 0 Å². The summed E-state index contributed by atoms with van der Waals surface area (Å²) in [6.07, 6.45) is 0. The summed E-state index contributed by atoms with van der Waals surface area (Å²) in [5, 5.41) is 2.43. The van der Waals surface area contributed by atoms with Crippen molar-refractivity contribution in [3.8, 4) is 0 Å². The van der Waals surface area contributed by atoms with Gasteiger partial charge in [-0.3, -0.25) is 9.69 Å². The monoisotopic (exact) mass is 309 g/mol. The fourth-order valence-electron chi connectivity index (χ4n) is 2.49. The van der Waals surface area contributed by atoms with E-state index in [9.17, 15) is 18.0 Å². The highest BCUT2D eigenvalue weighted by molar-refractivity contribution is 7.88. The molecule has 112 valence electrons.